The van der Waals surface area contributed by atoms with E-state index in [0.29, 0.717) is 24.2 Å². The van der Waals surface area contributed by atoms with Crippen molar-refractivity contribution in [1.29, 1.82) is 0 Å². The first kappa shape index (κ1) is 38.7. The molecule has 5 amide bonds. The van der Waals surface area contributed by atoms with Gasteiger partial charge >= 0.3 is 6.09 Å². The lowest BCUT2D eigenvalue weighted by atomic mass is 10.0. The molecule has 6 atom stereocenters. The summed E-state index contributed by atoms with van der Waals surface area (Å²) < 4.78 is 38.6. The van der Waals surface area contributed by atoms with E-state index in [4.69, 9.17) is 9.47 Å². The molecule has 3 aliphatic rings. The highest BCUT2D eigenvalue weighted by molar-refractivity contribution is 7.90. The second kappa shape index (κ2) is 15.8. The van der Waals surface area contributed by atoms with Crippen LogP contribution in [0.4, 0.5) is 4.79 Å². The first-order valence-corrected chi connectivity index (χ1v) is 18.8. The fourth-order valence-electron chi connectivity index (χ4n) is 6.25. The molecule has 1 saturated heterocycles. The third kappa shape index (κ3) is 9.55. The van der Waals surface area contributed by atoms with Crippen LogP contribution in [0.25, 0.3) is 0 Å². The Balaban J connectivity index is 1.66. The second-order valence-electron chi connectivity index (χ2n) is 14.4. The van der Waals surface area contributed by atoms with Crippen molar-refractivity contribution < 1.29 is 41.9 Å². The monoisotopic (exact) mass is 717 g/mol. The number of alkyl carbamates (subject to hydrolysis) is 1. The number of hydrogen-bond donors (Lipinski definition) is 4. The van der Waals surface area contributed by atoms with Gasteiger partial charge in [-0.1, -0.05) is 38.0 Å². The van der Waals surface area contributed by atoms with E-state index in [1.54, 1.807) is 52.0 Å². The maximum atomic E-state index is 14.3. The number of hydrogen-bond acceptors (Lipinski definition) is 9. The number of rotatable bonds is 8. The van der Waals surface area contributed by atoms with Gasteiger partial charge in [0.25, 0.3) is 11.8 Å². The van der Waals surface area contributed by atoms with Crippen molar-refractivity contribution in [3.05, 3.63) is 42.0 Å². The van der Waals surface area contributed by atoms with Crippen molar-refractivity contribution in [3.63, 3.8) is 0 Å². The number of carbonyl (C=O) groups excluding carboxylic acids is 5. The zero-order valence-electron chi connectivity index (χ0n) is 29.7. The zero-order valence-corrected chi connectivity index (χ0v) is 30.6. The van der Waals surface area contributed by atoms with Crippen molar-refractivity contribution in [2.45, 2.75) is 121 Å². The molecule has 0 aromatic heterocycles. The van der Waals surface area contributed by atoms with E-state index < -0.39 is 80.2 Å². The van der Waals surface area contributed by atoms with Crippen LogP contribution in [-0.4, -0.2) is 91.2 Å². The van der Waals surface area contributed by atoms with Crippen LogP contribution in [0.15, 0.2) is 36.4 Å². The lowest BCUT2D eigenvalue weighted by Crippen LogP contribution is -2.58. The van der Waals surface area contributed by atoms with E-state index in [2.05, 4.69) is 20.7 Å². The Morgan fingerprint density at radius 1 is 1.12 bits per heavy atom. The Morgan fingerprint density at radius 3 is 2.54 bits per heavy atom. The van der Waals surface area contributed by atoms with Crippen molar-refractivity contribution in [3.8, 4) is 5.75 Å². The smallest absolute Gasteiger partial charge is 0.408 e. The molecule has 1 aromatic carbocycles. The summed E-state index contributed by atoms with van der Waals surface area (Å²) in [6, 6.07) is 3.71. The van der Waals surface area contributed by atoms with Crippen molar-refractivity contribution in [2.24, 2.45) is 5.92 Å². The summed E-state index contributed by atoms with van der Waals surface area (Å²) >= 11 is 0. The molecule has 2 heterocycles. The molecule has 1 aliphatic carbocycles. The number of allylic oxidation sites excluding steroid dienone is 1. The van der Waals surface area contributed by atoms with Crippen LogP contribution < -0.4 is 25.4 Å². The fraction of sp³-hybridized carbons (Fsp3) is 0.629. The average Bonchev–Trinajstić information content (AvgIpc) is 3.58. The highest BCUT2D eigenvalue weighted by Gasteiger charge is 2.61. The topological polar surface area (TPSA) is 189 Å². The first-order valence-electron chi connectivity index (χ1n) is 17.3. The van der Waals surface area contributed by atoms with Gasteiger partial charge in [-0.3, -0.25) is 23.9 Å². The molecule has 276 valence electrons. The van der Waals surface area contributed by atoms with E-state index in [9.17, 15) is 32.4 Å². The number of sulfonamides is 1. The summed E-state index contributed by atoms with van der Waals surface area (Å²) in [6.07, 6.45) is 6.52. The zero-order chi connectivity index (χ0) is 36.9. The predicted molar refractivity (Wildman–Crippen MR) is 186 cm³/mol. The van der Waals surface area contributed by atoms with Gasteiger partial charge in [-0.2, -0.15) is 0 Å². The molecule has 4 N–H and O–H groups in total. The minimum absolute atomic E-state index is 0.00973. The van der Waals surface area contributed by atoms with Crippen molar-refractivity contribution in [1.82, 2.24) is 25.6 Å². The van der Waals surface area contributed by atoms with E-state index in [-0.39, 0.29) is 32.2 Å². The number of amides is 5. The molecule has 1 aromatic rings. The lowest BCUT2D eigenvalue weighted by molar-refractivity contribution is -0.141. The fourth-order valence-corrected chi connectivity index (χ4v) is 7.33. The van der Waals surface area contributed by atoms with Crippen LogP contribution in [0.2, 0.25) is 0 Å². The summed E-state index contributed by atoms with van der Waals surface area (Å²) in [5, 5.41) is 7.58. The second-order valence-corrected chi connectivity index (χ2v) is 16.5. The van der Waals surface area contributed by atoms with Crippen LogP contribution >= 0.6 is 0 Å². The number of benzene rings is 1. The quantitative estimate of drug-likeness (QED) is 0.293. The average molecular weight is 718 g/mol. The number of carbonyl (C=O) groups is 5. The number of ether oxygens (including phenoxy) is 2. The van der Waals surface area contributed by atoms with Crippen LogP contribution in [0, 0.1) is 5.92 Å². The minimum Gasteiger partial charge on any atom is -0.497 e. The molecule has 0 spiro atoms. The first-order chi connectivity index (χ1) is 23.5. The van der Waals surface area contributed by atoms with E-state index in [1.807, 2.05) is 12.2 Å². The molecule has 4 rings (SSSR count). The normalized spacial score (nSPS) is 27.2. The summed E-state index contributed by atoms with van der Waals surface area (Å²) in [4.78, 5) is 69.6. The Hall–Kier alpha value is -4.14. The molecule has 1 unspecified atom stereocenters. The van der Waals surface area contributed by atoms with Gasteiger partial charge in [0.05, 0.1) is 12.4 Å². The standard InChI is InChI=1S/C35H51N5O9S/c1-7-22(2)50(46,47)39-32(44)35-20-24(35)15-11-9-8-10-12-17-27(37-33(45)49-34(3,4)5)31(43)40-21-25(19-28(40)30(42)38-35)36-29(41)23-14-13-16-26(18-23)48-6/h11,13-16,18,22,24-25,27-28H,7-10,12,17,19-21H2,1-6H3,(H,36,41)(H,37,45)(H,38,42)(H,39,44)/b15-11-/t22?,24-,25-,27+,28+,35-/m1/s1. The van der Waals surface area contributed by atoms with Crippen molar-refractivity contribution >= 4 is 39.7 Å². The van der Waals surface area contributed by atoms with E-state index in [0.717, 1.165) is 12.8 Å². The third-order valence-electron chi connectivity index (χ3n) is 9.38. The largest absolute Gasteiger partial charge is 0.497 e. The van der Waals surface area contributed by atoms with Gasteiger partial charge in [-0.05, 0) is 84.4 Å². The number of nitrogens with zero attached hydrogens (tertiary/aromatic N) is 1. The van der Waals surface area contributed by atoms with Gasteiger partial charge in [0.15, 0.2) is 0 Å². The van der Waals surface area contributed by atoms with Crippen molar-refractivity contribution in [2.75, 3.05) is 13.7 Å². The van der Waals surface area contributed by atoms with Crippen LogP contribution in [0.1, 0.15) is 96.3 Å². The Labute approximate surface area is 294 Å². The third-order valence-corrected chi connectivity index (χ3v) is 11.2. The summed E-state index contributed by atoms with van der Waals surface area (Å²) in [7, 11) is -2.53. The van der Waals surface area contributed by atoms with E-state index >= 15 is 0 Å². The van der Waals surface area contributed by atoms with Gasteiger partial charge in [0.2, 0.25) is 21.8 Å². The molecule has 1 saturated carbocycles. The van der Waals surface area contributed by atoms with E-state index in [1.165, 1.54) is 18.9 Å². The Morgan fingerprint density at radius 2 is 1.86 bits per heavy atom. The molecular formula is C35H51N5O9S. The Kier molecular flexibility index (Phi) is 12.2. The molecule has 0 bridgehead atoms. The lowest BCUT2D eigenvalue weighted by Gasteiger charge is -2.30. The minimum atomic E-state index is -4.01. The highest BCUT2D eigenvalue weighted by Crippen LogP contribution is 2.45. The number of fused-ring (bicyclic) bond motifs is 2. The van der Waals surface area contributed by atoms with Gasteiger partial charge in [0, 0.05) is 24.1 Å². The van der Waals surface area contributed by atoms with Crippen LogP contribution in [0.5, 0.6) is 5.75 Å². The van der Waals surface area contributed by atoms with Crippen LogP contribution in [0.3, 0.4) is 0 Å². The maximum absolute atomic E-state index is 14.3. The summed E-state index contributed by atoms with van der Waals surface area (Å²) in [5.41, 5.74) is -2.04. The Bertz CT molecular complexity index is 1590. The molecule has 2 fully saturated rings. The maximum Gasteiger partial charge on any atom is 0.408 e. The molecule has 15 heteroatoms. The van der Waals surface area contributed by atoms with Gasteiger partial charge in [0.1, 0.15) is 29.0 Å². The highest BCUT2D eigenvalue weighted by atomic mass is 32.2. The van der Waals surface area contributed by atoms with Crippen LogP contribution in [-0.2, 0) is 29.1 Å². The number of nitrogens with one attached hydrogen (secondary N) is 4. The SMILES string of the molecule is CCC(C)S(=O)(=O)NC(=O)[C@@]12C[C@H]1/C=C\CCCCC[C@H](NC(=O)OC(C)(C)C)C(=O)N1C[C@H](NC(=O)c3cccc(OC)c3)C[C@H]1C(=O)N2. The summed E-state index contributed by atoms with van der Waals surface area (Å²) in [5.74, 6) is -2.46. The molecule has 50 heavy (non-hydrogen) atoms. The van der Waals surface area contributed by atoms with Gasteiger partial charge < -0.3 is 30.3 Å². The van der Waals surface area contributed by atoms with Gasteiger partial charge in [-0.25, -0.2) is 13.2 Å². The molecule has 2 aliphatic heterocycles. The van der Waals surface area contributed by atoms with Gasteiger partial charge in [-0.15, -0.1) is 0 Å². The molecule has 0 radical (unpaired) electrons. The molecule has 14 nitrogen and oxygen atoms in total. The molecular weight excluding hydrogens is 666 g/mol. The number of methoxy groups -OCH3 is 1. The predicted octanol–water partition coefficient (Wildman–Crippen LogP) is 2.93. The summed E-state index contributed by atoms with van der Waals surface area (Å²) in [6.45, 7) is 8.27.